The van der Waals surface area contributed by atoms with Gasteiger partial charge in [-0.15, -0.1) is 0 Å². The molecular formula is C11H19NO3. The molecule has 3 atom stereocenters. The van der Waals surface area contributed by atoms with E-state index in [1.54, 1.807) is 11.8 Å². The molecule has 0 aromatic rings. The van der Waals surface area contributed by atoms with Gasteiger partial charge in [0.2, 0.25) is 5.91 Å². The van der Waals surface area contributed by atoms with Crippen molar-refractivity contribution < 1.29 is 14.3 Å². The van der Waals surface area contributed by atoms with Crippen LogP contribution < -0.4 is 0 Å². The standard InChI is InChI=1S/C11H19NO3/c1-7-5-15-6-11(7)12(10(4)14)8(2)9(3)13/h7-8,11H,5-6H2,1-4H3. The van der Waals surface area contributed by atoms with Crippen LogP contribution in [0.3, 0.4) is 0 Å². The summed E-state index contributed by atoms with van der Waals surface area (Å²) in [7, 11) is 0. The molecule has 0 saturated carbocycles. The van der Waals surface area contributed by atoms with Gasteiger partial charge in [-0.3, -0.25) is 9.59 Å². The molecular weight excluding hydrogens is 194 g/mol. The first kappa shape index (κ1) is 12.2. The van der Waals surface area contributed by atoms with Crippen molar-refractivity contribution in [3.63, 3.8) is 0 Å². The number of amides is 1. The Bertz CT molecular complexity index is 265. The fraction of sp³-hybridized carbons (Fsp3) is 0.818. The number of nitrogens with zero attached hydrogens (tertiary/aromatic N) is 1. The summed E-state index contributed by atoms with van der Waals surface area (Å²) in [5, 5.41) is 0. The van der Waals surface area contributed by atoms with Gasteiger partial charge in [-0.2, -0.15) is 0 Å². The van der Waals surface area contributed by atoms with Gasteiger partial charge < -0.3 is 9.64 Å². The SMILES string of the molecule is CC(=O)C(C)N(C(C)=O)C1COCC1C. The fourth-order valence-corrected chi connectivity index (χ4v) is 1.99. The molecule has 1 saturated heterocycles. The maximum atomic E-state index is 11.5. The maximum Gasteiger partial charge on any atom is 0.220 e. The second-order valence-electron chi connectivity index (χ2n) is 4.30. The van der Waals surface area contributed by atoms with E-state index in [9.17, 15) is 9.59 Å². The van der Waals surface area contributed by atoms with E-state index < -0.39 is 0 Å². The third-order valence-electron chi connectivity index (χ3n) is 3.05. The number of rotatable bonds is 3. The molecule has 1 heterocycles. The van der Waals surface area contributed by atoms with Crippen LogP contribution in [0, 0.1) is 5.92 Å². The van der Waals surface area contributed by atoms with Crippen LogP contribution in [0.4, 0.5) is 0 Å². The molecule has 1 rings (SSSR count). The molecule has 0 spiro atoms. The number of carbonyl (C=O) groups is 2. The second-order valence-corrected chi connectivity index (χ2v) is 4.30. The molecule has 1 amide bonds. The molecule has 0 N–H and O–H groups in total. The van der Waals surface area contributed by atoms with Gasteiger partial charge in [0.25, 0.3) is 0 Å². The van der Waals surface area contributed by atoms with Crippen molar-refractivity contribution in [1.82, 2.24) is 4.90 Å². The highest BCUT2D eigenvalue weighted by atomic mass is 16.5. The lowest BCUT2D eigenvalue weighted by atomic mass is 10.0. The number of ether oxygens (including phenoxy) is 1. The Kier molecular flexibility index (Phi) is 3.85. The van der Waals surface area contributed by atoms with Crippen LogP contribution in [0.25, 0.3) is 0 Å². The molecule has 3 unspecified atom stereocenters. The van der Waals surface area contributed by atoms with Crippen molar-refractivity contribution in [3.8, 4) is 0 Å². The van der Waals surface area contributed by atoms with Crippen LogP contribution in [0.5, 0.6) is 0 Å². The summed E-state index contributed by atoms with van der Waals surface area (Å²) in [6, 6.07) is -0.307. The average molecular weight is 213 g/mol. The Morgan fingerprint density at radius 3 is 2.27 bits per heavy atom. The van der Waals surface area contributed by atoms with Crippen LogP contribution in [0.2, 0.25) is 0 Å². The van der Waals surface area contributed by atoms with Gasteiger partial charge in [-0.05, 0) is 13.8 Å². The first-order chi connectivity index (χ1) is 6.95. The molecule has 4 nitrogen and oxygen atoms in total. The highest BCUT2D eigenvalue weighted by molar-refractivity contribution is 5.86. The zero-order chi connectivity index (χ0) is 11.6. The van der Waals surface area contributed by atoms with Gasteiger partial charge in [0.15, 0.2) is 5.78 Å². The highest BCUT2D eigenvalue weighted by Gasteiger charge is 2.35. The monoisotopic (exact) mass is 213 g/mol. The number of hydrogen-bond donors (Lipinski definition) is 0. The van der Waals surface area contributed by atoms with Crippen LogP contribution in [-0.2, 0) is 14.3 Å². The molecule has 0 bridgehead atoms. The van der Waals surface area contributed by atoms with Crippen molar-refractivity contribution >= 4 is 11.7 Å². The molecule has 0 aromatic heterocycles. The largest absolute Gasteiger partial charge is 0.379 e. The third-order valence-corrected chi connectivity index (χ3v) is 3.05. The van der Waals surface area contributed by atoms with E-state index in [4.69, 9.17) is 4.74 Å². The van der Waals surface area contributed by atoms with E-state index in [0.717, 1.165) is 0 Å². The zero-order valence-electron chi connectivity index (χ0n) is 9.82. The summed E-state index contributed by atoms with van der Waals surface area (Å²) in [4.78, 5) is 24.5. The number of ketones is 1. The van der Waals surface area contributed by atoms with Gasteiger partial charge in [0.05, 0.1) is 25.3 Å². The van der Waals surface area contributed by atoms with E-state index in [1.807, 2.05) is 6.92 Å². The van der Waals surface area contributed by atoms with Crippen molar-refractivity contribution in [2.24, 2.45) is 5.92 Å². The van der Waals surface area contributed by atoms with Crippen LogP contribution in [0.15, 0.2) is 0 Å². The lowest BCUT2D eigenvalue weighted by molar-refractivity contribution is -0.140. The Hall–Kier alpha value is -0.900. The Morgan fingerprint density at radius 2 is 1.93 bits per heavy atom. The quantitative estimate of drug-likeness (QED) is 0.698. The molecule has 1 fully saturated rings. The number of hydrogen-bond acceptors (Lipinski definition) is 3. The van der Waals surface area contributed by atoms with Crippen molar-refractivity contribution in [2.75, 3.05) is 13.2 Å². The van der Waals surface area contributed by atoms with E-state index in [-0.39, 0.29) is 23.8 Å². The van der Waals surface area contributed by atoms with Gasteiger partial charge in [0.1, 0.15) is 0 Å². The minimum Gasteiger partial charge on any atom is -0.379 e. The first-order valence-corrected chi connectivity index (χ1v) is 5.32. The van der Waals surface area contributed by atoms with E-state index >= 15 is 0 Å². The highest BCUT2D eigenvalue weighted by Crippen LogP contribution is 2.21. The summed E-state index contributed by atoms with van der Waals surface area (Å²) >= 11 is 0. The molecule has 0 aliphatic carbocycles. The van der Waals surface area contributed by atoms with Crippen molar-refractivity contribution in [3.05, 3.63) is 0 Å². The number of Topliss-reactive ketones (excluding diaryl/α,β-unsaturated/α-hetero) is 1. The normalized spacial score (nSPS) is 27.5. The Morgan fingerprint density at radius 1 is 1.33 bits per heavy atom. The summed E-state index contributed by atoms with van der Waals surface area (Å²) in [6.45, 7) is 8.04. The lowest BCUT2D eigenvalue weighted by Crippen LogP contribution is -2.50. The van der Waals surface area contributed by atoms with Crippen LogP contribution in [0.1, 0.15) is 27.7 Å². The Labute approximate surface area is 90.6 Å². The van der Waals surface area contributed by atoms with Crippen LogP contribution >= 0.6 is 0 Å². The summed E-state index contributed by atoms with van der Waals surface area (Å²) in [5.41, 5.74) is 0. The van der Waals surface area contributed by atoms with Crippen molar-refractivity contribution in [1.29, 1.82) is 0 Å². The fourth-order valence-electron chi connectivity index (χ4n) is 1.99. The van der Waals surface area contributed by atoms with Crippen LogP contribution in [-0.4, -0.2) is 41.9 Å². The average Bonchev–Trinajstić information content (AvgIpc) is 2.52. The predicted molar refractivity (Wildman–Crippen MR) is 56.4 cm³/mol. The third kappa shape index (κ3) is 2.56. The Balaban J connectivity index is 2.82. The van der Waals surface area contributed by atoms with E-state index in [2.05, 4.69) is 0 Å². The van der Waals surface area contributed by atoms with Gasteiger partial charge in [0, 0.05) is 12.8 Å². The zero-order valence-corrected chi connectivity index (χ0v) is 9.82. The smallest absolute Gasteiger partial charge is 0.220 e. The van der Waals surface area contributed by atoms with E-state index in [1.165, 1.54) is 13.8 Å². The molecule has 1 aliphatic rings. The number of carbonyl (C=O) groups excluding carboxylic acids is 2. The summed E-state index contributed by atoms with van der Waals surface area (Å²) in [6.07, 6.45) is 0. The van der Waals surface area contributed by atoms with Gasteiger partial charge in [-0.1, -0.05) is 6.92 Å². The molecule has 1 aliphatic heterocycles. The molecule has 0 radical (unpaired) electrons. The lowest BCUT2D eigenvalue weighted by Gasteiger charge is -2.33. The molecule has 0 aromatic carbocycles. The maximum absolute atomic E-state index is 11.5. The van der Waals surface area contributed by atoms with Gasteiger partial charge in [-0.25, -0.2) is 0 Å². The molecule has 86 valence electrons. The van der Waals surface area contributed by atoms with Gasteiger partial charge >= 0.3 is 0 Å². The molecule has 4 heteroatoms. The summed E-state index contributed by atoms with van der Waals surface area (Å²) in [5.74, 6) is 0.264. The predicted octanol–water partition coefficient (Wildman–Crippen LogP) is 0.847. The molecule has 15 heavy (non-hydrogen) atoms. The minimum atomic E-state index is -0.350. The topological polar surface area (TPSA) is 46.6 Å². The second kappa shape index (κ2) is 4.75. The first-order valence-electron chi connectivity index (χ1n) is 5.32. The van der Waals surface area contributed by atoms with E-state index in [0.29, 0.717) is 19.1 Å². The minimum absolute atomic E-state index is 0.0179. The summed E-state index contributed by atoms with van der Waals surface area (Å²) < 4.78 is 5.33. The van der Waals surface area contributed by atoms with Crippen molar-refractivity contribution in [2.45, 2.75) is 39.8 Å².